The summed E-state index contributed by atoms with van der Waals surface area (Å²) in [5.74, 6) is -1.84. The normalized spacial score (nSPS) is 15.3. The Bertz CT molecular complexity index is 1430. The Morgan fingerprint density at radius 2 is 1.45 bits per heavy atom. The molecule has 0 saturated heterocycles. The van der Waals surface area contributed by atoms with Gasteiger partial charge in [-0.2, -0.15) is 0 Å². The van der Waals surface area contributed by atoms with Crippen molar-refractivity contribution < 1.29 is 37.9 Å². The van der Waals surface area contributed by atoms with E-state index in [9.17, 15) is 24.0 Å². The molecule has 1 rings (SSSR count). The van der Waals surface area contributed by atoms with E-state index in [0.29, 0.717) is 13.0 Å². The quantitative estimate of drug-likeness (QED) is 0.0939. The fourth-order valence-corrected chi connectivity index (χ4v) is 6.30. The van der Waals surface area contributed by atoms with Crippen LogP contribution >= 0.6 is 0 Å². The summed E-state index contributed by atoms with van der Waals surface area (Å²) in [7, 11) is 0.714. The molecular formula is C40H68N4O8Si. The molecule has 0 radical (unpaired) electrons. The van der Waals surface area contributed by atoms with Gasteiger partial charge in [-0.3, -0.25) is 14.4 Å². The average molecular weight is 761 g/mol. The molecule has 1 aromatic carbocycles. The van der Waals surface area contributed by atoms with E-state index in [1.807, 2.05) is 44.2 Å². The largest absolute Gasteiger partial charge is 0.544 e. The smallest absolute Gasteiger partial charge is 0.407 e. The monoisotopic (exact) mass is 760 g/mol. The highest BCUT2D eigenvalue weighted by Gasteiger charge is 2.39. The zero-order valence-corrected chi connectivity index (χ0v) is 36.2. The highest BCUT2D eigenvalue weighted by molar-refractivity contribution is 6.74. The molecule has 0 aliphatic rings. The molecule has 0 fully saturated rings. The fraction of sp³-hybridized carbons (Fsp3) is 0.675. The number of allylic oxidation sites excluding steroid dienone is 1. The zero-order valence-electron chi connectivity index (χ0n) is 35.2. The summed E-state index contributed by atoms with van der Waals surface area (Å²) in [4.78, 5) is 66.7. The number of nitrogens with one attached hydrogen (secondary N) is 3. The van der Waals surface area contributed by atoms with Gasteiger partial charge in [0.1, 0.15) is 29.5 Å². The molecule has 4 amide bonds. The summed E-state index contributed by atoms with van der Waals surface area (Å²) in [5, 5.41) is 8.39. The molecule has 0 aliphatic heterocycles. The van der Waals surface area contributed by atoms with Gasteiger partial charge in [-0.1, -0.05) is 72.2 Å². The predicted octanol–water partition coefficient (Wildman–Crippen LogP) is 6.39. The number of esters is 1. The van der Waals surface area contributed by atoms with E-state index < -0.39 is 61.8 Å². The van der Waals surface area contributed by atoms with Gasteiger partial charge < -0.3 is 34.8 Å². The lowest BCUT2D eigenvalue weighted by Crippen LogP contribution is -2.57. The van der Waals surface area contributed by atoms with Gasteiger partial charge in [0.15, 0.2) is 0 Å². The standard InChI is InChI=1S/C40H68N4O8Si/c1-25(2)33(37(48)50-14)43-35(46)32(23-30-17-19-31(20-18-30)52-53(15,16)40(10,11)12)44(13)36(47)29(6)42-34(45)28(5)22-26(3)21-27(4)24-41-38(49)51-39(7,8)9/h17-21,25,27-29,32-33H,22-24H2,1-16H3,(H,41,49)(H,42,45)(H,43,46)/b26-21+/t27-,28-,29-,32+,33-/m0/s1. The Balaban J connectivity index is 3.12. The molecule has 0 spiro atoms. The third-order valence-corrected chi connectivity index (χ3v) is 13.8. The molecule has 5 atom stereocenters. The second-order valence-electron chi connectivity index (χ2n) is 17.1. The summed E-state index contributed by atoms with van der Waals surface area (Å²) in [6, 6.07) is 4.64. The van der Waals surface area contributed by atoms with E-state index in [-0.39, 0.29) is 29.2 Å². The Labute approximate surface area is 319 Å². The fourth-order valence-electron chi connectivity index (χ4n) is 5.27. The molecule has 0 saturated carbocycles. The van der Waals surface area contributed by atoms with E-state index in [0.717, 1.165) is 16.9 Å². The number of benzene rings is 1. The van der Waals surface area contributed by atoms with Crippen LogP contribution in [0.4, 0.5) is 4.79 Å². The number of rotatable bonds is 17. The molecule has 0 unspecified atom stereocenters. The third-order valence-electron chi connectivity index (χ3n) is 9.41. The number of likely N-dealkylation sites (N-methyl/N-ethyl adjacent to an activating group) is 1. The van der Waals surface area contributed by atoms with Gasteiger partial charge in [-0.05, 0) is 88.7 Å². The number of hydrogen-bond acceptors (Lipinski definition) is 8. The maximum absolute atomic E-state index is 13.8. The predicted molar refractivity (Wildman–Crippen MR) is 212 cm³/mol. The first-order chi connectivity index (χ1) is 24.2. The topological polar surface area (TPSA) is 152 Å². The molecule has 0 aromatic heterocycles. The van der Waals surface area contributed by atoms with Crippen molar-refractivity contribution in [1.82, 2.24) is 20.9 Å². The summed E-state index contributed by atoms with van der Waals surface area (Å²) >= 11 is 0. The van der Waals surface area contributed by atoms with Crippen LogP contribution in [-0.4, -0.2) is 87.4 Å². The van der Waals surface area contributed by atoms with E-state index in [2.05, 4.69) is 49.8 Å². The second kappa shape index (κ2) is 20.0. The van der Waals surface area contributed by atoms with Gasteiger partial charge in [0.25, 0.3) is 0 Å². The first-order valence-corrected chi connectivity index (χ1v) is 21.5. The van der Waals surface area contributed by atoms with Crippen LogP contribution in [-0.2, 0) is 35.1 Å². The van der Waals surface area contributed by atoms with Crippen molar-refractivity contribution >= 4 is 38.1 Å². The maximum atomic E-state index is 13.8. The van der Waals surface area contributed by atoms with Crippen molar-refractivity contribution in [3.05, 3.63) is 41.5 Å². The number of hydrogen-bond donors (Lipinski definition) is 3. The van der Waals surface area contributed by atoms with Crippen LogP contribution in [0.1, 0.15) is 95.1 Å². The van der Waals surface area contributed by atoms with Crippen LogP contribution < -0.4 is 20.4 Å². The van der Waals surface area contributed by atoms with Gasteiger partial charge in [0.2, 0.25) is 26.0 Å². The molecule has 300 valence electrons. The Morgan fingerprint density at radius 3 is 1.94 bits per heavy atom. The lowest BCUT2D eigenvalue weighted by atomic mass is 9.97. The molecule has 13 heteroatoms. The van der Waals surface area contributed by atoms with Crippen molar-refractivity contribution in [1.29, 1.82) is 0 Å². The van der Waals surface area contributed by atoms with Gasteiger partial charge >= 0.3 is 12.1 Å². The van der Waals surface area contributed by atoms with E-state index >= 15 is 0 Å². The van der Waals surface area contributed by atoms with Crippen molar-refractivity contribution in [2.75, 3.05) is 20.7 Å². The van der Waals surface area contributed by atoms with E-state index in [1.54, 1.807) is 48.5 Å². The first-order valence-electron chi connectivity index (χ1n) is 18.6. The molecule has 12 nitrogen and oxygen atoms in total. The van der Waals surface area contributed by atoms with Crippen molar-refractivity contribution in [3.63, 3.8) is 0 Å². The Kier molecular flexibility index (Phi) is 17.8. The van der Waals surface area contributed by atoms with Crippen LogP contribution in [0.5, 0.6) is 5.75 Å². The number of amides is 4. The highest BCUT2D eigenvalue weighted by atomic mass is 28.4. The minimum absolute atomic E-state index is 0.00500. The van der Waals surface area contributed by atoms with Crippen molar-refractivity contribution in [2.45, 2.75) is 138 Å². The van der Waals surface area contributed by atoms with Crippen LogP contribution in [0.15, 0.2) is 35.9 Å². The minimum atomic E-state index is -2.07. The molecule has 1 aromatic rings. The lowest BCUT2D eigenvalue weighted by Gasteiger charge is -2.36. The number of nitrogens with zero attached hydrogens (tertiary/aromatic N) is 1. The number of carbonyl (C=O) groups excluding carboxylic acids is 5. The van der Waals surface area contributed by atoms with Crippen LogP contribution in [0.25, 0.3) is 0 Å². The second-order valence-corrected chi connectivity index (χ2v) is 21.9. The summed E-state index contributed by atoms with van der Waals surface area (Å²) < 4.78 is 16.6. The Hall–Kier alpha value is -3.87. The SMILES string of the molecule is COC(=O)[C@@H](NC(=O)[C@@H](Cc1ccc(O[Si](C)(C)C(C)(C)C)cc1)N(C)C(=O)[C@H](C)NC(=O)[C@@H](C)C/C(C)=C/[C@H](C)CNC(=O)OC(C)(C)C)C(C)C. The first kappa shape index (κ1) is 47.1. The van der Waals surface area contributed by atoms with Gasteiger partial charge in [0.05, 0.1) is 7.11 Å². The molecule has 53 heavy (non-hydrogen) atoms. The van der Waals surface area contributed by atoms with Gasteiger partial charge in [0, 0.05) is 25.9 Å². The van der Waals surface area contributed by atoms with Gasteiger partial charge in [-0.25, -0.2) is 9.59 Å². The number of ether oxygens (including phenoxy) is 2. The minimum Gasteiger partial charge on any atom is -0.544 e. The van der Waals surface area contributed by atoms with Crippen LogP contribution in [0, 0.1) is 17.8 Å². The number of carbonyl (C=O) groups is 5. The maximum Gasteiger partial charge on any atom is 0.407 e. The van der Waals surface area contributed by atoms with Crippen LogP contribution in [0.2, 0.25) is 18.1 Å². The average Bonchev–Trinajstić information content (AvgIpc) is 3.02. The summed E-state index contributed by atoms with van der Waals surface area (Å²) in [5.41, 5.74) is 1.16. The van der Waals surface area contributed by atoms with Crippen molar-refractivity contribution in [3.8, 4) is 5.75 Å². The molecule has 0 bridgehead atoms. The van der Waals surface area contributed by atoms with Gasteiger partial charge in [-0.15, -0.1) is 0 Å². The zero-order chi connectivity index (χ0) is 41.1. The van der Waals surface area contributed by atoms with Crippen LogP contribution in [0.3, 0.4) is 0 Å². The third kappa shape index (κ3) is 15.9. The molecule has 0 aliphatic carbocycles. The van der Waals surface area contributed by atoms with E-state index in [4.69, 9.17) is 13.9 Å². The number of alkyl carbamates (subject to hydrolysis) is 1. The Morgan fingerprint density at radius 1 is 0.887 bits per heavy atom. The molecular weight excluding hydrogens is 693 g/mol. The number of methoxy groups -OCH3 is 1. The summed E-state index contributed by atoms with van der Waals surface area (Å²) in [6.07, 6.45) is 2.11. The summed E-state index contributed by atoms with van der Waals surface area (Å²) in [6.45, 7) is 27.5. The van der Waals surface area contributed by atoms with Crippen molar-refractivity contribution in [2.24, 2.45) is 17.8 Å². The highest BCUT2D eigenvalue weighted by Crippen LogP contribution is 2.37. The molecule has 0 heterocycles. The molecule has 3 N–H and O–H groups in total. The lowest BCUT2D eigenvalue weighted by molar-refractivity contribution is -0.148. The van der Waals surface area contributed by atoms with E-state index in [1.165, 1.54) is 19.1 Å².